The maximum Gasteiger partial charge on any atom is 0.326 e. The van der Waals surface area contributed by atoms with E-state index >= 15 is 0 Å². The highest BCUT2D eigenvalue weighted by atomic mass is 16.5. The van der Waals surface area contributed by atoms with Crippen molar-refractivity contribution in [2.75, 3.05) is 7.11 Å². The van der Waals surface area contributed by atoms with E-state index in [0.29, 0.717) is 6.42 Å². The molecular formula is C14H19NO4. The number of nitrogens with one attached hydrogen (secondary N) is 1. The molecule has 0 bridgehead atoms. The number of hydrogen-bond acceptors (Lipinski definition) is 3. The number of benzene rings is 1. The second-order valence-electron chi connectivity index (χ2n) is 4.35. The van der Waals surface area contributed by atoms with Gasteiger partial charge in [-0.2, -0.15) is 0 Å². The van der Waals surface area contributed by atoms with E-state index in [1.54, 1.807) is 20.1 Å². The molecule has 5 nitrogen and oxygen atoms in total. The Hall–Kier alpha value is -2.04. The molecular weight excluding hydrogens is 246 g/mol. The van der Waals surface area contributed by atoms with Crippen molar-refractivity contribution >= 4 is 11.9 Å². The first-order valence-corrected chi connectivity index (χ1v) is 6.13. The summed E-state index contributed by atoms with van der Waals surface area (Å²) in [5.41, 5.74) is 1.78. The van der Waals surface area contributed by atoms with Crippen LogP contribution in [0.2, 0.25) is 0 Å². The summed E-state index contributed by atoms with van der Waals surface area (Å²) in [7, 11) is 1.57. The van der Waals surface area contributed by atoms with Gasteiger partial charge in [-0.1, -0.05) is 19.1 Å². The Morgan fingerprint density at radius 3 is 2.63 bits per heavy atom. The molecule has 0 aliphatic rings. The standard InChI is InChI=1S/C14H19NO4/c1-4-11(14(17)18)15-13(16)8-10-6-5-9(2)12(7-10)19-3/h5-7,11H,4,8H2,1-3H3,(H,15,16)(H,17,18)/t11-/m1/s1. The van der Waals surface area contributed by atoms with Gasteiger partial charge < -0.3 is 15.2 Å². The van der Waals surface area contributed by atoms with E-state index in [-0.39, 0.29) is 12.3 Å². The molecule has 0 unspecified atom stereocenters. The molecule has 5 heteroatoms. The van der Waals surface area contributed by atoms with Crippen LogP contribution in [-0.2, 0) is 16.0 Å². The smallest absolute Gasteiger partial charge is 0.326 e. The number of hydrogen-bond donors (Lipinski definition) is 2. The summed E-state index contributed by atoms with van der Waals surface area (Å²) >= 11 is 0. The van der Waals surface area contributed by atoms with Crippen molar-refractivity contribution in [3.8, 4) is 5.75 Å². The van der Waals surface area contributed by atoms with Crippen LogP contribution in [0, 0.1) is 6.92 Å². The number of aliphatic carboxylic acids is 1. The Morgan fingerprint density at radius 1 is 1.42 bits per heavy atom. The van der Waals surface area contributed by atoms with E-state index < -0.39 is 12.0 Å². The number of ether oxygens (including phenoxy) is 1. The quantitative estimate of drug-likeness (QED) is 0.817. The zero-order valence-corrected chi connectivity index (χ0v) is 11.4. The number of carboxylic acids is 1. The number of amides is 1. The van der Waals surface area contributed by atoms with E-state index in [1.807, 2.05) is 19.1 Å². The fourth-order valence-electron chi connectivity index (χ4n) is 1.74. The van der Waals surface area contributed by atoms with Crippen LogP contribution >= 0.6 is 0 Å². The fraction of sp³-hybridized carbons (Fsp3) is 0.429. The highest BCUT2D eigenvalue weighted by Crippen LogP contribution is 2.19. The molecule has 1 amide bonds. The van der Waals surface area contributed by atoms with E-state index in [0.717, 1.165) is 16.9 Å². The first-order valence-electron chi connectivity index (χ1n) is 6.13. The molecule has 1 aromatic rings. The topological polar surface area (TPSA) is 75.6 Å². The number of carboxylic acid groups (broad SMARTS) is 1. The molecule has 0 heterocycles. The Kier molecular flexibility index (Phi) is 5.36. The average Bonchev–Trinajstić information content (AvgIpc) is 2.37. The fourth-order valence-corrected chi connectivity index (χ4v) is 1.74. The van der Waals surface area contributed by atoms with Crippen molar-refractivity contribution in [1.29, 1.82) is 0 Å². The number of rotatable bonds is 6. The molecule has 0 saturated carbocycles. The highest BCUT2D eigenvalue weighted by Gasteiger charge is 2.17. The summed E-state index contributed by atoms with van der Waals surface area (Å²) in [5.74, 6) is -0.604. The van der Waals surface area contributed by atoms with Crippen molar-refractivity contribution < 1.29 is 19.4 Å². The predicted molar refractivity (Wildman–Crippen MR) is 71.3 cm³/mol. The maximum absolute atomic E-state index is 11.8. The molecule has 0 spiro atoms. The van der Waals surface area contributed by atoms with Crippen LogP contribution in [0.15, 0.2) is 18.2 Å². The number of aryl methyl sites for hydroxylation is 1. The normalized spacial score (nSPS) is 11.7. The monoisotopic (exact) mass is 265 g/mol. The van der Waals surface area contributed by atoms with Crippen LogP contribution < -0.4 is 10.1 Å². The van der Waals surface area contributed by atoms with Gasteiger partial charge in [0.1, 0.15) is 11.8 Å². The third kappa shape index (κ3) is 4.28. The number of methoxy groups -OCH3 is 1. The van der Waals surface area contributed by atoms with Crippen molar-refractivity contribution in [2.24, 2.45) is 0 Å². The molecule has 0 radical (unpaired) electrons. The van der Waals surface area contributed by atoms with Crippen molar-refractivity contribution in [2.45, 2.75) is 32.7 Å². The lowest BCUT2D eigenvalue weighted by molar-refractivity contribution is -0.141. The SMILES string of the molecule is CC[C@@H](NC(=O)Cc1ccc(C)c(OC)c1)C(=O)O. The highest BCUT2D eigenvalue weighted by molar-refractivity contribution is 5.84. The molecule has 1 atom stereocenters. The molecule has 2 N–H and O–H groups in total. The average molecular weight is 265 g/mol. The van der Waals surface area contributed by atoms with Crippen molar-refractivity contribution in [3.05, 3.63) is 29.3 Å². The minimum atomic E-state index is -1.02. The molecule has 1 aromatic carbocycles. The Labute approximate surface area is 112 Å². The lowest BCUT2D eigenvalue weighted by Gasteiger charge is -2.13. The van der Waals surface area contributed by atoms with Gasteiger partial charge in [-0.25, -0.2) is 4.79 Å². The molecule has 0 aromatic heterocycles. The van der Waals surface area contributed by atoms with E-state index in [4.69, 9.17) is 9.84 Å². The van der Waals surface area contributed by atoms with Gasteiger partial charge in [-0.15, -0.1) is 0 Å². The van der Waals surface area contributed by atoms with E-state index in [9.17, 15) is 9.59 Å². The van der Waals surface area contributed by atoms with Crippen LogP contribution in [-0.4, -0.2) is 30.1 Å². The van der Waals surface area contributed by atoms with E-state index in [1.165, 1.54) is 0 Å². The Balaban J connectivity index is 2.69. The number of carbonyl (C=O) groups excluding carboxylic acids is 1. The minimum absolute atomic E-state index is 0.139. The van der Waals surface area contributed by atoms with Gasteiger partial charge >= 0.3 is 5.97 Å². The largest absolute Gasteiger partial charge is 0.496 e. The summed E-state index contributed by atoms with van der Waals surface area (Å²) < 4.78 is 5.18. The maximum atomic E-state index is 11.8. The summed E-state index contributed by atoms with van der Waals surface area (Å²) in [6.07, 6.45) is 0.499. The van der Waals surface area contributed by atoms with Gasteiger partial charge in [0, 0.05) is 0 Å². The third-order valence-corrected chi connectivity index (χ3v) is 2.88. The Bertz CT molecular complexity index is 471. The zero-order chi connectivity index (χ0) is 14.4. The van der Waals surface area contributed by atoms with Gasteiger partial charge in [0.25, 0.3) is 0 Å². The molecule has 104 valence electrons. The first kappa shape index (κ1) is 15.0. The third-order valence-electron chi connectivity index (χ3n) is 2.88. The van der Waals surface area contributed by atoms with Gasteiger partial charge in [0.2, 0.25) is 5.91 Å². The predicted octanol–water partition coefficient (Wildman–Crippen LogP) is 1.53. The van der Waals surface area contributed by atoms with Gasteiger partial charge in [-0.3, -0.25) is 4.79 Å². The molecule has 1 rings (SSSR count). The second kappa shape index (κ2) is 6.78. The Morgan fingerprint density at radius 2 is 2.11 bits per heavy atom. The van der Waals surface area contributed by atoms with Crippen molar-refractivity contribution in [3.63, 3.8) is 0 Å². The van der Waals surface area contributed by atoms with E-state index in [2.05, 4.69) is 5.32 Å². The molecule has 0 aliphatic carbocycles. The van der Waals surface area contributed by atoms with Crippen molar-refractivity contribution in [1.82, 2.24) is 5.32 Å². The first-order chi connectivity index (χ1) is 8.97. The molecule has 0 saturated heterocycles. The van der Waals surface area contributed by atoms with Gasteiger partial charge in [0.05, 0.1) is 13.5 Å². The van der Waals surface area contributed by atoms with Crippen LogP contribution in [0.1, 0.15) is 24.5 Å². The lowest BCUT2D eigenvalue weighted by Crippen LogP contribution is -2.40. The van der Waals surface area contributed by atoms with Gasteiger partial charge in [0.15, 0.2) is 0 Å². The molecule has 0 fully saturated rings. The number of carbonyl (C=O) groups is 2. The molecule has 0 aliphatic heterocycles. The lowest BCUT2D eigenvalue weighted by atomic mass is 10.1. The van der Waals surface area contributed by atoms with Crippen LogP contribution in [0.4, 0.5) is 0 Å². The van der Waals surface area contributed by atoms with Crippen LogP contribution in [0.3, 0.4) is 0 Å². The summed E-state index contributed by atoms with van der Waals surface area (Å²) in [6, 6.07) is 4.66. The summed E-state index contributed by atoms with van der Waals surface area (Å²) in [4.78, 5) is 22.6. The zero-order valence-electron chi connectivity index (χ0n) is 11.4. The van der Waals surface area contributed by atoms with Crippen LogP contribution in [0.25, 0.3) is 0 Å². The van der Waals surface area contributed by atoms with Crippen LogP contribution in [0.5, 0.6) is 5.75 Å². The summed E-state index contributed by atoms with van der Waals surface area (Å²) in [6.45, 7) is 3.63. The second-order valence-corrected chi connectivity index (χ2v) is 4.35. The summed E-state index contributed by atoms with van der Waals surface area (Å²) in [5, 5.41) is 11.4. The minimum Gasteiger partial charge on any atom is -0.496 e. The van der Waals surface area contributed by atoms with Gasteiger partial charge in [-0.05, 0) is 30.5 Å². The molecule has 19 heavy (non-hydrogen) atoms.